The Morgan fingerprint density at radius 2 is 1.62 bits per heavy atom. The van der Waals surface area contributed by atoms with Crippen LogP contribution in [0.2, 0.25) is 0 Å². The minimum absolute atomic E-state index is 0.626. The highest BCUT2D eigenvalue weighted by Crippen LogP contribution is 2.22. The third-order valence-corrected chi connectivity index (χ3v) is 3.67. The second-order valence-corrected chi connectivity index (χ2v) is 5.36. The maximum absolute atomic E-state index is 5.84. The number of rotatable bonds is 3. The highest BCUT2D eigenvalue weighted by Gasteiger charge is 2.21. The van der Waals surface area contributed by atoms with Gasteiger partial charge in [0.25, 0.3) is 0 Å². The predicted octanol–water partition coefficient (Wildman–Crippen LogP) is 2.41. The first-order chi connectivity index (χ1) is 7.84. The first-order valence-corrected chi connectivity index (χ1v) is 6.91. The molecule has 0 saturated heterocycles. The summed E-state index contributed by atoms with van der Waals surface area (Å²) in [5, 5.41) is 3.25. The molecule has 0 radical (unpaired) electrons. The lowest BCUT2D eigenvalue weighted by atomic mass is 9.91. The van der Waals surface area contributed by atoms with E-state index in [0.29, 0.717) is 12.0 Å². The van der Waals surface area contributed by atoms with E-state index in [9.17, 15) is 0 Å². The second-order valence-electron chi connectivity index (χ2n) is 5.36. The van der Waals surface area contributed by atoms with E-state index in [4.69, 9.17) is 5.73 Å². The molecule has 3 nitrogen and oxygen atoms in total. The lowest BCUT2D eigenvalue weighted by Crippen LogP contribution is -2.33. The number of guanidine groups is 1. The molecule has 3 heteroatoms. The van der Waals surface area contributed by atoms with E-state index in [1.54, 1.807) is 0 Å². The number of aliphatic imine (C=N–C) groups is 1. The van der Waals surface area contributed by atoms with E-state index in [0.717, 1.165) is 12.5 Å². The lowest BCUT2D eigenvalue weighted by molar-refractivity contribution is 0.386. The largest absolute Gasteiger partial charge is 0.370 e. The Hall–Kier alpha value is -0.730. The number of hydrogen-bond donors (Lipinski definition) is 2. The molecule has 92 valence electrons. The van der Waals surface area contributed by atoms with E-state index in [1.165, 1.54) is 57.8 Å². The molecule has 0 unspecified atom stereocenters. The average molecular weight is 223 g/mol. The summed E-state index contributed by atoms with van der Waals surface area (Å²) in [6.45, 7) is 0.936. The average Bonchev–Trinajstić information content (AvgIpc) is 3.00. The Kier molecular flexibility index (Phi) is 4.49. The molecule has 0 bridgehead atoms. The van der Waals surface area contributed by atoms with Crippen molar-refractivity contribution in [3.8, 4) is 0 Å². The Morgan fingerprint density at radius 1 is 1.00 bits per heavy atom. The van der Waals surface area contributed by atoms with Gasteiger partial charge in [0.05, 0.1) is 0 Å². The lowest BCUT2D eigenvalue weighted by Gasteiger charge is -2.17. The monoisotopic (exact) mass is 223 g/mol. The van der Waals surface area contributed by atoms with Crippen LogP contribution in [0, 0.1) is 5.92 Å². The molecule has 0 atom stereocenters. The Morgan fingerprint density at radius 3 is 2.25 bits per heavy atom. The van der Waals surface area contributed by atoms with E-state index < -0.39 is 0 Å². The van der Waals surface area contributed by atoms with Crippen molar-refractivity contribution in [2.24, 2.45) is 16.6 Å². The maximum Gasteiger partial charge on any atom is 0.188 e. The summed E-state index contributed by atoms with van der Waals surface area (Å²) < 4.78 is 0. The van der Waals surface area contributed by atoms with Crippen LogP contribution in [0.1, 0.15) is 57.8 Å². The molecule has 0 aliphatic heterocycles. The van der Waals surface area contributed by atoms with Crippen molar-refractivity contribution in [1.82, 2.24) is 5.32 Å². The van der Waals surface area contributed by atoms with E-state index >= 15 is 0 Å². The fourth-order valence-corrected chi connectivity index (χ4v) is 2.43. The van der Waals surface area contributed by atoms with E-state index in [2.05, 4.69) is 10.3 Å². The molecule has 0 heterocycles. The Balaban J connectivity index is 1.69. The zero-order valence-electron chi connectivity index (χ0n) is 10.3. The molecule has 3 N–H and O–H groups in total. The number of nitrogens with zero attached hydrogens (tertiary/aromatic N) is 1. The molecule has 0 spiro atoms. The zero-order chi connectivity index (χ0) is 11.2. The van der Waals surface area contributed by atoms with Gasteiger partial charge in [-0.05, 0) is 31.6 Å². The second kappa shape index (κ2) is 6.12. The minimum atomic E-state index is 0.626. The summed E-state index contributed by atoms with van der Waals surface area (Å²) in [7, 11) is 0. The normalized spacial score (nSPS) is 24.9. The van der Waals surface area contributed by atoms with E-state index in [-0.39, 0.29) is 0 Å². The van der Waals surface area contributed by atoms with Crippen molar-refractivity contribution in [2.45, 2.75) is 63.8 Å². The first kappa shape index (κ1) is 11.7. The smallest absolute Gasteiger partial charge is 0.188 e. The molecule has 0 aromatic rings. The number of hydrogen-bond acceptors (Lipinski definition) is 1. The molecule has 0 aromatic heterocycles. The van der Waals surface area contributed by atoms with Gasteiger partial charge in [0.15, 0.2) is 5.96 Å². The molecule has 0 amide bonds. The maximum atomic E-state index is 5.84. The van der Waals surface area contributed by atoms with Crippen LogP contribution >= 0.6 is 0 Å². The molecule has 2 aliphatic rings. The summed E-state index contributed by atoms with van der Waals surface area (Å²) in [6.07, 6.45) is 12.2. The van der Waals surface area contributed by atoms with Gasteiger partial charge in [0, 0.05) is 12.6 Å². The van der Waals surface area contributed by atoms with Gasteiger partial charge in [0.2, 0.25) is 0 Å². The van der Waals surface area contributed by atoms with Gasteiger partial charge in [-0.1, -0.05) is 32.1 Å². The molecule has 2 rings (SSSR count). The number of nitrogens with one attached hydrogen (secondary N) is 1. The van der Waals surface area contributed by atoms with Gasteiger partial charge >= 0.3 is 0 Å². The minimum Gasteiger partial charge on any atom is -0.370 e. The summed E-state index contributed by atoms with van der Waals surface area (Å²) in [5.41, 5.74) is 5.84. The van der Waals surface area contributed by atoms with Crippen molar-refractivity contribution in [1.29, 1.82) is 0 Å². The van der Waals surface area contributed by atoms with Crippen LogP contribution in [0.3, 0.4) is 0 Å². The first-order valence-electron chi connectivity index (χ1n) is 6.91. The van der Waals surface area contributed by atoms with Crippen LogP contribution < -0.4 is 11.1 Å². The van der Waals surface area contributed by atoms with Gasteiger partial charge in [-0.2, -0.15) is 0 Å². The molecular formula is C13H25N3. The Labute approximate surface area is 98.9 Å². The molecule has 16 heavy (non-hydrogen) atoms. The fourth-order valence-electron chi connectivity index (χ4n) is 2.43. The van der Waals surface area contributed by atoms with Crippen LogP contribution in [-0.4, -0.2) is 18.5 Å². The molecular weight excluding hydrogens is 198 g/mol. The Bertz CT molecular complexity index is 225. The molecule has 2 fully saturated rings. The van der Waals surface area contributed by atoms with Crippen LogP contribution in [0.5, 0.6) is 0 Å². The highest BCUT2D eigenvalue weighted by molar-refractivity contribution is 5.78. The van der Waals surface area contributed by atoms with Gasteiger partial charge in [0.1, 0.15) is 0 Å². The van der Waals surface area contributed by atoms with Crippen molar-refractivity contribution in [3.05, 3.63) is 0 Å². The highest BCUT2D eigenvalue weighted by atomic mass is 15.1. The quantitative estimate of drug-likeness (QED) is 0.570. The topological polar surface area (TPSA) is 50.4 Å². The van der Waals surface area contributed by atoms with Gasteiger partial charge < -0.3 is 11.1 Å². The number of nitrogens with two attached hydrogens (primary N) is 1. The third kappa shape index (κ3) is 4.42. The SMILES string of the molecule is NC(=NCC1CCCCCCC1)NC1CC1. The third-order valence-electron chi connectivity index (χ3n) is 3.67. The van der Waals surface area contributed by atoms with Gasteiger partial charge in [-0.3, -0.25) is 4.99 Å². The molecule has 2 saturated carbocycles. The van der Waals surface area contributed by atoms with Crippen molar-refractivity contribution >= 4 is 5.96 Å². The fraction of sp³-hybridized carbons (Fsp3) is 0.923. The van der Waals surface area contributed by atoms with E-state index in [1.807, 2.05) is 0 Å². The summed E-state index contributed by atoms with van der Waals surface area (Å²) >= 11 is 0. The van der Waals surface area contributed by atoms with Crippen LogP contribution in [0.4, 0.5) is 0 Å². The summed E-state index contributed by atoms with van der Waals surface area (Å²) in [5.74, 6) is 1.45. The van der Waals surface area contributed by atoms with Gasteiger partial charge in [-0.15, -0.1) is 0 Å². The van der Waals surface area contributed by atoms with Crippen LogP contribution in [0.25, 0.3) is 0 Å². The van der Waals surface area contributed by atoms with Gasteiger partial charge in [-0.25, -0.2) is 0 Å². The summed E-state index contributed by atoms with van der Waals surface area (Å²) in [6, 6.07) is 0.626. The van der Waals surface area contributed by atoms with Crippen LogP contribution in [0.15, 0.2) is 4.99 Å². The molecule has 2 aliphatic carbocycles. The zero-order valence-corrected chi connectivity index (χ0v) is 10.3. The standard InChI is InChI=1S/C13H25N3/c14-13(16-12-8-9-12)15-10-11-6-4-2-1-3-5-7-11/h11-12H,1-10H2,(H3,14,15,16). The van der Waals surface area contributed by atoms with Crippen molar-refractivity contribution in [3.63, 3.8) is 0 Å². The predicted molar refractivity (Wildman–Crippen MR) is 68.5 cm³/mol. The molecule has 0 aromatic carbocycles. The summed E-state index contributed by atoms with van der Waals surface area (Å²) in [4.78, 5) is 4.48. The van der Waals surface area contributed by atoms with Crippen molar-refractivity contribution < 1.29 is 0 Å². The van der Waals surface area contributed by atoms with Crippen LogP contribution in [-0.2, 0) is 0 Å². The van der Waals surface area contributed by atoms with Crippen molar-refractivity contribution in [2.75, 3.05) is 6.54 Å².